The molecule has 2 aromatic rings. The Kier molecular flexibility index (Phi) is 4.20. The van der Waals surface area contributed by atoms with E-state index in [0.29, 0.717) is 22.1 Å². The molecule has 2 N–H and O–H groups in total. The van der Waals surface area contributed by atoms with Crippen LogP contribution in [0.3, 0.4) is 0 Å². The SMILES string of the molecule is CNc1nc(C)cc(Cl)c1NC(=O)c1ccc(F)cc1. The fraction of sp³-hybridized carbons (Fsp3) is 0.143. The van der Waals surface area contributed by atoms with Crippen molar-refractivity contribution in [2.75, 3.05) is 17.7 Å². The largest absolute Gasteiger partial charge is 0.371 e. The third kappa shape index (κ3) is 3.05. The minimum Gasteiger partial charge on any atom is -0.371 e. The molecule has 0 atom stereocenters. The van der Waals surface area contributed by atoms with Crippen LogP contribution in [0.4, 0.5) is 15.9 Å². The zero-order chi connectivity index (χ0) is 14.7. The van der Waals surface area contributed by atoms with E-state index in [1.165, 1.54) is 24.3 Å². The Morgan fingerprint density at radius 3 is 2.55 bits per heavy atom. The van der Waals surface area contributed by atoms with Gasteiger partial charge in [0.05, 0.1) is 5.02 Å². The van der Waals surface area contributed by atoms with E-state index in [0.717, 1.165) is 5.69 Å². The van der Waals surface area contributed by atoms with Gasteiger partial charge in [-0.1, -0.05) is 11.6 Å². The molecule has 0 aliphatic carbocycles. The van der Waals surface area contributed by atoms with E-state index in [9.17, 15) is 9.18 Å². The summed E-state index contributed by atoms with van der Waals surface area (Å²) in [6.07, 6.45) is 0. The van der Waals surface area contributed by atoms with Gasteiger partial charge in [0.15, 0.2) is 5.82 Å². The van der Waals surface area contributed by atoms with Gasteiger partial charge in [0.25, 0.3) is 5.91 Å². The lowest BCUT2D eigenvalue weighted by atomic mass is 10.2. The monoisotopic (exact) mass is 293 g/mol. The number of benzene rings is 1. The fourth-order valence-corrected chi connectivity index (χ4v) is 2.01. The molecule has 0 aliphatic heterocycles. The summed E-state index contributed by atoms with van der Waals surface area (Å²) in [6, 6.07) is 6.91. The van der Waals surface area contributed by atoms with Crippen molar-refractivity contribution in [1.82, 2.24) is 4.98 Å². The van der Waals surface area contributed by atoms with Crippen LogP contribution in [0.25, 0.3) is 0 Å². The van der Waals surface area contributed by atoms with Gasteiger partial charge in [-0.25, -0.2) is 9.37 Å². The first-order valence-electron chi connectivity index (χ1n) is 5.93. The molecular weight excluding hydrogens is 281 g/mol. The smallest absolute Gasteiger partial charge is 0.255 e. The topological polar surface area (TPSA) is 54.0 Å². The van der Waals surface area contributed by atoms with Crippen molar-refractivity contribution in [3.05, 3.63) is 52.4 Å². The highest BCUT2D eigenvalue weighted by Gasteiger charge is 2.13. The molecule has 1 aromatic carbocycles. The number of nitrogens with zero attached hydrogens (tertiary/aromatic N) is 1. The van der Waals surface area contributed by atoms with E-state index in [2.05, 4.69) is 15.6 Å². The van der Waals surface area contributed by atoms with Gasteiger partial charge in [-0.15, -0.1) is 0 Å². The van der Waals surface area contributed by atoms with Gasteiger partial charge < -0.3 is 10.6 Å². The van der Waals surface area contributed by atoms with Crippen molar-refractivity contribution in [3.63, 3.8) is 0 Å². The van der Waals surface area contributed by atoms with Crippen LogP contribution in [0.5, 0.6) is 0 Å². The van der Waals surface area contributed by atoms with Gasteiger partial charge in [0.1, 0.15) is 11.5 Å². The summed E-state index contributed by atoms with van der Waals surface area (Å²) in [5.41, 5.74) is 1.47. The molecule has 104 valence electrons. The van der Waals surface area contributed by atoms with Crippen molar-refractivity contribution < 1.29 is 9.18 Å². The Morgan fingerprint density at radius 1 is 1.30 bits per heavy atom. The van der Waals surface area contributed by atoms with Gasteiger partial charge in [0, 0.05) is 18.3 Å². The summed E-state index contributed by atoms with van der Waals surface area (Å²) >= 11 is 6.12. The molecule has 6 heteroatoms. The highest BCUT2D eigenvalue weighted by atomic mass is 35.5. The minimum atomic E-state index is -0.396. The lowest BCUT2D eigenvalue weighted by molar-refractivity contribution is 0.102. The average molecular weight is 294 g/mol. The number of rotatable bonds is 3. The summed E-state index contributed by atoms with van der Waals surface area (Å²) in [7, 11) is 1.69. The van der Waals surface area contributed by atoms with Crippen LogP contribution in [-0.4, -0.2) is 17.9 Å². The fourth-order valence-electron chi connectivity index (χ4n) is 1.72. The molecule has 0 fully saturated rings. The molecule has 0 unspecified atom stereocenters. The molecule has 0 saturated carbocycles. The molecule has 1 aromatic heterocycles. The van der Waals surface area contributed by atoms with Crippen LogP contribution in [0.15, 0.2) is 30.3 Å². The normalized spacial score (nSPS) is 10.2. The van der Waals surface area contributed by atoms with E-state index in [1.54, 1.807) is 20.0 Å². The molecule has 0 spiro atoms. The number of carbonyl (C=O) groups is 1. The number of amides is 1. The first-order chi connectivity index (χ1) is 9.51. The number of anilines is 2. The lowest BCUT2D eigenvalue weighted by Gasteiger charge is -2.12. The molecule has 20 heavy (non-hydrogen) atoms. The summed E-state index contributed by atoms with van der Waals surface area (Å²) in [4.78, 5) is 16.3. The maximum atomic E-state index is 12.8. The molecule has 0 aliphatic rings. The Balaban J connectivity index is 2.30. The molecule has 4 nitrogen and oxygen atoms in total. The molecular formula is C14H13ClFN3O. The van der Waals surface area contributed by atoms with Crippen molar-refractivity contribution in [1.29, 1.82) is 0 Å². The third-order valence-electron chi connectivity index (χ3n) is 2.68. The van der Waals surface area contributed by atoms with E-state index >= 15 is 0 Å². The third-order valence-corrected chi connectivity index (χ3v) is 2.98. The van der Waals surface area contributed by atoms with E-state index < -0.39 is 5.82 Å². The summed E-state index contributed by atoms with van der Waals surface area (Å²) < 4.78 is 12.8. The Labute approximate surface area is 121 Å². The van der Waals surface area contributed by atoms with Crippen molar-refractivity contribution in [2.45, 2.75) is 6.92 Å². The highest BCUT2D eigenvalue weighted by molar-refractivity contribution is 6.34. The average Bonchev–Trinajstić information content (AvgIpc) is 2.42. The molecule has 1 amide bonds. The second-order valence-corrected chi connectivity index (χ2v) is 4.59. The van der Waals surface area contributed by atoms with Gasteiger partial charge in [-0.2, -0.15) is 0 Å². The van der Waals surface area contributed by atoms with E-state index in [4.69, 9.17) is 11.6 Å². The highest BCUT2D eigenvalue weighted by Crippen LogP contribution is 2.29. The minimum absolute atomic E-state index is 0.338. The van der Waals surface area contributed by atoms with Crippen molar-refractivity contribution >= 4 is 29.0 Å². The molecule has 0 saturated heterocycles. The quantitative estimate of drug-likeness (QED) is 0.911. The van der Waals surface area contributed by atoms with Crippen LogP contribution >= 0.6 is 11.6 Å². The van der Waals surface area contributed by atoms with Crippen LogP contribution in [-0.2, 0) is 0 Å². The van der Waals surface area contributed by atoms with E-state index in [-0.39, 0.29) is 5.91 Å². The number of aromatic nitrogens is 1. The standard InChI is InChI=1S/C14H13ClFN3O/c1-8-7-11(15)12(13(17-2)18-8)19-14(20)9-3-5-10(16)6-4-9/h3-7H,1-2H3,(H,17,18)(H,19,20). The molecule has 0 radical (unpaired) electrons. The van der Waals surface area contributed by atoms with Gasteiger partial charge in [-0.3, -0.25) is 4.79 Å². The Hall–Kier alpha value is -2.14. The van der Waals surface area contributed by atoms with Crippen LogP contribution in [0.2, 0.25) is 5.02 Å². The predicted molar refractivity (Wildman–Crippen MR) is 77.9 cm³/mol. The number of hydrogen-bond acceptors (Lipinski definition) is 3. The van der Waals surface area contributed by atoms with Crippen LogP contribution in [0.1, 0.15) is 16.1 Å². The van der Waals surface area contributed by atoms with Crippen molar-refractivity contribution in [2.24, 2.45) is 0 Å². The molecule has 0 bridgehead atoms. The van der Waals surface area contributed by atoms with Gasteiger partial charge in [0.2, 0.25) is 0 Å². The maximum Gasteiger partial charge on any atom is 0.255 e. The number of nitrogens with one attached hydrogen (secondary N) is 2. The number of carbonyl (C=O) groups excluding carboxylic acids is 1. The molecule has 2 rings (SSSR count). The Morgan fingerprint density at radius 2 is 1.95 bits per heavy atom. The van der Waals surface area contributed by atoms with Crippen LogP contribution < -0.4 is 10.6 Å². The first kappa shape index (κ1) is 14.3. The zero-order valence-electron chi connectivity index (χ0n) is 11.0. The molecule has 1 heterocycles. The summed E-state index contributed by atoms with van der Waals surface area (Å²) in [6.45, 7) is 1.80. The lowest BCUT2D eigenvalue weighted by Crippen LogP contribution is -2.14. The second-order valence-electron chi connectivity index (χ2n) is 4.18. The van der Waals surface area contributed by atoms with Crippen molar-refractivity contribution in [3.8, 4) is 0 Å². The number of aryl methyl sites for hydroxylation is 1. The van der Waals surface area contributed by atoms with Gasteiger partial charge >= 0.3 is 0 Å². The van der Waals surface area contributed by atoms with Crippen LogP contribution in [0, 0.1) is 12.7 Å². The number of hydrogen-bond donors (Lipinski definition) is 2. The second kappa shape index (κ2) is 5.88. The first-order valence-corrected chi connectivity index (χ1v) is 6.31. The maximum absolute atomic E-state index is 12.8. The number of halogens is 2. The number of pyridine rings is 1. The van der Waals surface area contributed by atoms with Gasteiger partial charge in [-0.05, 0) is 37.3 Å². The Bertz CT molecular complexity index is 644. The van der Waals surface area contributed by atoms with E-state index in [1.807, 2.05) is 0 Å². The summed E-state index contributed by atoms with van der Waals surface area (Å²) in [5.74, 6) is -0.299. The predicted octanol–water partition coefficient (Wildman–Crippen LogP) is 3.48. The zero-order valence-corrected chi connectivity index (χ0v) is 11.8. The summed E-state index contributed by atoms with van der Waals surface area (Å²) in [5, 5.41) is 5.93.